The number of piperidine rings is 1. The van der Waals surface area contributed by atoms with Gasteiger partial charge in [0.15, 0.2) is 0 Å². The zero-order valence-electron chi connectivity index (χ0n) is 25.3. The number of hydrogen-bond donors (Lipinski definition) is 0. The van der Waals surface area contributed by atoms with E-state index in [9.17, 15) is 35.9 Å². The summed E-state index contributed by atoms with van der Waals surface area (Å²) in [4.78, 5) is 36.3. The number of likely N-dealkylation sites (tertiary alicyclic amines) is 1. The molecule has 254 valence electrons. The van der Waals surface area contributed by atoms with E-state index in [4.69, 9.17) is 9.47 Å². The fraction of sp³-hybridized carbons (Fsp3) is 0.406. The third-order valence-electron chi connectivity index (χ3n) is 8.06. The number of ether oxygens (including phenoxy) is 2. The van der Waals surface area contributed by atoms with Gasteiger partial charge in [0.25, 0.3) is 11.8 Å². The van der Waals surface area contributed by atoms with Crippen molar-refractivity contribution < 1.29 is 45.4 Å². The van der Waals surface area contributed by atoms with Crippen LogP contribution in [-0.4, -0.2) is 78.1 Å². The van der Waals surface area contributed by atoms with Crippen molar-refractivity contribution in [3.63, 3.8) is 0 Å². The number of amides is 2. The molecular formula is C32H33ClF6N4O4. The van der Waals surface area contributed by atoms with Crippen LogP contribution in [0.15, 0.2) is 67.0 Å². The number of carbonyl (C=O) groups is 2. The molecule has 5 rings (SSSR count). The van der Waals surface area contributed by atoms with Crippen LogP contribution < -0.4 is 14.4 Å². The summed E-state index contributed by atoms with van der Waals surface area (Å²) in [7, 11) is 0. The number of halogens is 7. The average Bonchev–Trinajstić information content (AvgIpc) is 3.04. The Morgan fingerprint density at radius 1 is 0.872 bits per heavy atom. The highest BCUT2D eigenvalue weighted by molar-refractivity contribution is 5.96. The van der Waals surface area contributed by atoms with Gasteiger partial charge in [0.1, 0.15) is 11.5 Å². The van der Waals surface area contributed by atoms with E-state index < -0.39 is 53.0 Å². The van der Waals surface area contributed by atoms with E-state index in [1.165, 1.54) is 0 Å². The molecule has 2 aromatic carbocycles. The van der Waals surface area contributed by atoms with Crippen molar-refractivity contribution >= 4 is 29.9 Å². The lowest BCUT2D eigenvalue weighted by atomic mass is 9.89. The molecule has 2 saturated heterocycles. The Hall–Kier alpha value is -4.20. The molecule has 2 aliphatic heterocycles. The third kappa shape index (κ3) is 7.86. The zero-order valence-corrected chi connectivity index (χ0v) is 26.1. The normalized spacial score (nSPS) is 18.7. The summed E-state index contributed by atoms with van der Waals surface area (Å²) in [6.07, 6.45) is -7.37. The summed E-state index contributed by atoms with van der Waals surface area (Å²) < 4.78 is 92.8. The topological polar surface area (TPSA) is 75.2 Å². The quantitative estimate of drug-likeness (QED) is 0.270. The van der Waals surface area contributed by atoms with E-state index in [2.05, 4.69) is 9.88 Å². The molecule has 3 heterocycles. The van der Waals surface area contributed by atoms with Crippen LogP contribution in [0.1, 0.15) is 41.3 Å². The fourth-order valence-electron chi connectivity index (χ4n) is 5.85. The maximum atomic E-state index is 14.3. The summed E-state index contributed by atoms with van der Waals surface area (Å²) in [5, 5.41) is 0. The van der Waals surface area contributed by atoms with Crippen LogP contribution in [0.4, 0.5) is 32.0 Å². The van der Waals surface area contributed by atoms with Gasteiger partial charge in [0.2, 0.25) is 5.60 Å². The van der Waals surface area contributed by atoms with Gasteiger partial charge in [-0.15, -0.1) is 12.4 Å². The van der Waals surface area contributed by atoms with Crippen LogP contribution in [0.3, 0.4) is 0 Å². The van der Waals surface area contributed by atoms with Crippen molar-refractivity contribution in [3.05, 3.63) is 83.7 Å². The third-order valence-corrected chi connectivity index (χ3v) is 8.06. The largest absolute Gasteiger partial charge is 0.492 e. The van der Waals surface area contributed by atoms with Crippen LogP contribution in [0.25, 0.3) is 0 Å². The Kier molecular flexibility index (Phi) is 10.8. The van der Waals surface area contributed by atoms with Gasteiger partial charge >= 0.3 is 12.4 Å². The lowest BCUT2D eigenvalue weighted by Gasteiger charge is -2.45. The van der Waals surface area contributed by atoms with E-state index in [-0.39, 0.29) is 50.6 Å². The summed E-state index contributed by atoms with van der Waals surface area (Å²) in [6.45, 7) is 3.35. The number of benzene rings is 2. The van der Waals surface area contributed by atoms with Gasteiger partial charge in [0, 0.05) is 45.1 Å². The Balaban J connectivity index is 0.00000500. The number of pyridine rings is 1. The second kappa shape index (κ2) is 14.3. The number of alkyl halides is 6. The van der Waals surface area contributed by atoms with E-state index in [1.54, 1.807) is 4.90 Å². The second-order valence-electron chi connectivity index (χ2n) is 11.0. The highest BCUT2D eigenvalue weighted by atomic mass is 35.5. The summed E-state index contributed by atoms with van der Waals surface area (Å²) >= 11 is 0. The predicted molar refractivity (Wildman–Crippen MR) is 163 cm³/mol. The number of rotatable bonds is 7. The van der Waals surface area contributed by atoms with Gasteiger partial charge in [-0.1, -0.05) is 12.1 Å². The predicted octanol–water partition coefficient (Wildman–Crippen LogP) is 6.34. The smallest absolute Gasteiger partial charge is 0.417 e. The van der Waals surface area contributed by atoms with Crippen LogP contribution in [0.5, 0.6) is 11.5 Å². The number of nitrogens with zero attached hydrogens (tertiary/aromatic N) is 4. The molecule has 0 bridgehead atoms. The van der Waals surface area contributed by atoms with Gasteiger partial charge in [-0.3, -0.25) is 14.6 Å². The molecule has 0 radical (unpaired) electrons. The Bertz CT molecular complexity index is 1550. The lowest BCUT2D eigenvalue weighted by Crippen LogP contribution is -2.64. The van der Waals surface area contributed by atoms with Gasteiger partial charge in [-0.2, -0.15) is 26.3 Å². The highest BCUT2D eigenvalue weighted by Crippen LogP contribution is 2.37. The lowest BCUT2D eigenvalue weighted by molar-refractivity contribution is -0.153. The van der Waals surface area contributed by atoms with Crippen molar-refractivity contribution in [2.45, 2.75) is 37.7 Å². The summed E-state index contributed by atoms with van der Waals surface area (Å²) in [5.74, 6) is -0.838. The van der Waals surface area contributed by atoms with Gasteiger partial charge in [-0.25, -0.2) is 0 Å². The number of carbonyl (C=O) groups excluding carboxylic acids is 2. The van der Waals surface area contributed by atoms with E-state index in [0.29, 0.717) is 31.5 Å². The van der Waals surface area contributed by atoms with Gasteiger partial charge < -0.3 is 24.2 Å². The van der Waals surface area contributed by atoms with Crippen LogP contribution >= 0.6 is 12.4 Å². The van der Waals surface area contributed by atoms with Crippen molar-refractivity contribution in [3.8, 4) is 11.5 Å². The van der Waals surface area contributed by atoms with E-state index in [0.717, 1.165) is 47.2 Å². The first-order chi connectivity index (χ1) is 21.8. The monoisotopic (exact) mass is 686 g/mol. The van der Waals surface area contributed by atoms with Crippen LogP contribution in [0.2, 0.25) is 0 Å². The molecule has 2 fully saturated rings. The van der Waals surface area contributed by atoms with Crippen molar-refractivity contribution in [1.82, 2.24) is 14.8 Å². The number of hydrogen-bond acceptors (Lipinski definition) is 6. The minimum absolute atomic E-state index is 0. The molecule has 8 nitrogen and oxygen atoms in total. The number of para-hydroxylation sites is 2. The van der Waals surface area contributed by atoms with Gasteiger partial charge in [-0.05, 0) is 62.2 Å². The van der Waals surface area contributed by atoms with E-state index >= 15 is 0 Å². The van der Waals surface area contributed by atoms with Crippen LogP contribution in [-0.2, 0) is 17.1 Å². The maximum Gasteiger partial charge on any atom is 0.417 e. The number of piperazine rings is 1. The molecule has 0 aliphatic carbocycles. The maximum absolute atomic E-state index is 14.3. The Morgan fingerprint density at radius 3 is 2.19 bits per heavy atom. The van der Waals surface area contributed by atoms with Crippen LogP contribution in [0, 0.1) is 0 Å². The molecule has 1 unspecified atom stereocenters. The molecule has 0 saturated carbocycles. The van der Waals surface area contributed by atoms with E-state index in [1.807, 2.05) is 31.2 Å². The zero-order chi connectivity index (χ0) is 33.1. The first-order valence-corrected chi connectivity index (χ1v) is 14.8. The molecule has 1 atom stereocenters. The Morgan fingerprint density at radius 2 is 1.55 bits per heavy atom. The highest BCUT2D eigenvalue weighted by Gasteiger charge is 2.49. The molecular weight excluding hydrogens is 654 g/mol. The second-order valence-corrected chi connectivity index (χ2v) is 11.0. The molecule has 0 spiro atoms. The molecule has 47 heavy (non-hydrogen) atoms. The minimum Gasteiger partial charge on any atom is -0.492 e. The molecule has 15 heteroatoms. The SMILES string of the molecule is CCOc1ccccc1N1CCN(C(=O)C2(Oc3ccc(C(F)(F)F)cc3)CCCN(C(=O)c3cnccc3C(F)(F)F)C2)CC1.Cl. The molecule has 2 amide bonds. The molecule has 1 aromatic heterocycles. The van der Waals surface area contributed by atoms with Gasteiger partial charge in [0.05, 0.1) is 35.5 Å². The summed E-state index contributed by atoms with van der Waals surface area (Å²) in [6, 6.07) is 12.0. The molecule has 2 aliphatic rings. The fourth-order valence-corrected chi connectivity index (χ4v) is 5.85. The molecule has 3 aromatic rings. The standard InChI is InChI=1S/C32H32F6N4O4.ClH/c1-2-45-27-7-4-3-6-26(27)40-16-18-41(19-17-40)29(44)30(46-23-10-8-22(9-11-23)31(33,34)35)13-5-15-42(21-30)28(43)24-20-39-14-12-25(24)32(36,37)38;/h3-4,6-12,14,20H,2,5,13,15-19,21H2,1H3;1H. The van der Waals surface area contributed by atoms with Crippen molar-refractivity contribution in [2.75, 3.05) is 50.8 Å². The van der Waals surface area contributed by atoms with Crippen molar-refractivity contribution in [1.29, 1.82) is 0 Å². The van der Waals surface area contributed by atoms with Crippen molar-refractivity contribution in [2.24, 2.45) is 0 Å². The number of anilines is 1. The Labute approximate surface area is 273 Å². The first-order valence-electron chi connectivity index (χ1n) is 14.8. The number of aromatic nitrogens is 1. The minimum atomic E-state index is -4.83. The first kappa shape index (κ1) is 35.7. The molecule has 0 N–H and O–H groups in total. The average molecular weight is 687 g/mol. The summed E-state index contributed by atoms with van der Waals surface area (Å²) in [5.41, 5.74) is -3.66.